The highest BCUT2D eigenvalue weighted by Crippen LogP contribution is 2.12. The number of hydrogen-bond donors (Lipinski definition) is 2. The molecule has 0 fully saturated rings. The summed E-state index contributed by atoms with van der Waals surface area (Å²) in [5.41, 5.74) is 8.00. The maximum atomic E-state index is 14.2. The van der Waals surface area contributed by atoms with E-state index in [2.05, 4.69) is 42.8 Å². The van der Waals surface area contributed by atoms with Crippen molar-refractivity contribution in [3.63, 3.8) is 0 Å². The van der Waals surface area contributed by atoms with Crippen LogP contribution in [0.2, 0.25) is 0 Å². The van der Waals surface area contributed by atoms with Crippen LogP contribution in [-0.4, -0.2) is 44.4 Å². The lowest BCUT2D eigenvalue weighted by Gasteiger charge is -2.15. The molecule has 1 amide bonds. The molecule has 0 saturated carbocycles. The number of amides is 1. The molecule has 1 aromatic heterocycles. The molecule has 0 unspecified atom stereocenters. The van der Waals surface area contributed by atoms with E-state index in [1.54, 1.807) is 0 Å². The van der Waals surface area contributed by atoms with Crippen molar-refractivity contribution < 1.29 is 19.2 Å². The van der Waals surface area contributed by atoms with E-state index in [4.69, 9.17) is 9.57 Å². The van der Waals surface area contributed by atoms with Crippen molar-refractivity contribution in [2.45, 2.75) is 105 Å². The molecule has 0 aliphatic heterocycles. The monoisotopic (exact) mass is 945 g/mol. The van der Waals surface area contributed by atoms with Gasteiger partial charge < -0.3 is 14.9 Å². The first-order valence-electron chi connectivity index (χ1n) is 23.5. The van der Waals surface area contributed by atoms with Crippen LogP contribution in [0.25, 0.3) is 0 Å². The second kappa shape index (κ2) is 27.7. The van der Waals surface area contributed by atoms with E-state index in [1.165, 1.54) is 0 Å². The minimum Gasteiger partial charge on any atom is -0.450 e. The second-order valence-electron chi connectivity index (χ2n) is 16.6. The quantitative estimate of drug-likeness (QED) is 0.0330. The fourth-order valence-electron chi connectivity index (χ4n) is 7.26. The first-order chi connectivity index (χ1) is 34.2. The minimum atomic E-state index is -0.731. The average Bonchev–Trinajstić information content (AvgIpc) is 3.37. The van der Waals surface area contributed by atoms with E-state index in [9.17, 15) is 24.0 Å². The molecular formula is C54H59N9O7. The predicted molar refractivity (Wildman–Crippen MR) is 269 cm³/mol. The van der Waals surface area contributed by atoms with Gasteiger partial charge >= 0.3 is 29.1 Å². The van der Waals surface area contributed by atoms with Crippen LogP contribution in [0.15, 0.2) is 162 Å². The maximum absolute atomic E-state index is 14.2. The van der Waals surface area contributed by atoms with Gasteiger partial charge in [0.1, 0.15) is 0 Å². The topological polar surface area (TPSA) is 192 Å². The molecule has 2 N–H and O–H groups in total. The molecule has 0 radical (unpaired) electrons. The number of carbonyl (C=O) groups is 2. The van der Waals surface area contributed by atoms with Gasteiger partial charge in [-0.1, -0.05) is 154 Å². The number of hydrogen-bond acceptors (Lipinski definition) is 12. The third-order valence-electron chi connectivity index (χ3n) is 10.9. The lowest BCUT2D eigenvalue weighted by Crippen LogP contribution is -2.54. The Balaban J connectivity index is 1.11. The zero-order valence-electron chi connectivity index (χ0n) is 39.7. The van der Waals surface area contributed by atoms with Gasteiger partial charge in [-0.25, -0.2) is 52.8 Å². The van der Waals surface area contributed by atoms with E-state index < -0.39 is 23.2 Å². The van der Waals surface area contributed by atoms with Crippen molar-refractivity contribution in [1.29, 1.82) is 0 Å². The summed E-state index contributed by atoms with van der Waals surface area (Å²) in [4.78, 5) is 88.4. The second-order valence-corrected chi connectivity index (χ2v) is 16.6. The predicted octanol–water partition coefficient (Wildman–Crippen LogP) is 7.83. The van der Waals surface area contributed by atoms with Crippen LogP contribution < -0.4 is 27.9 Å². The Labute approximate surface area is 406 Å². The van der Waals surface area contributed by atoms with Crippen molar-refractivity contribution in [3.8, 4) is 0 Å². The average molecular weight is 946 g/mol. The molecule has 0 spiro atoms. The number of alkyl carbamates (subject to hydrolysis) is 1. The molecule has 362 valence electrons. The smallest absolute Gasteiger partial charge is 0.407 e. The number of rotatable bonds is 25. The van der Waals surface area contributed by atoms with E-state index in [0.717, 1.165) is 78.3 Å². The van der Waals surface area contributed by atoms with Crippen LogP contribution in [-0.2, 0) is 73.3 Å². The summed E-state index contributed by atoms with van der Waals surface area (Å²) in [5.74, 6) is -0.280. The third kappa shape index (κ3) is 16.6. The van der Waals surface area contributed by atoms with Gasteiger partial charge in [-0.15, -0.1) is 5.48 Å². The summed E-state index contributed by atoms with van der Waals surface area (Å²) < 4.78 is 8.43. The summed E-state index contributed by atoms with van der Waals surface area (Å²) in [5, 5.41) is 2.76. The lowest BCUT2D eigenvalue weighted by molar-refractivity contribution is -0.151. The molecule has 16 heteroatoms. The Morgan fingerprint density at radius 2 is 0.900 bits per heavy atom. The fraction of sp³-hybridized carbons (Fsp3) is 0.315. The molecule has 1 heterocycles. The minimum absolute atomic E-state index is 0.0222. The van der Waals surface area contributed by atoms with Gasteiger partial charge in [-0.2, -0.15) is 0 Å². The van der Waals surface area contributed by atoms with E-state index in [-0.39, 0.29) is 38.7 Å². The Morgan fingerprint density at radius 1 is 0.500 bits per heavy atom. The van der Waals surface area contributed by atoms with Crippen molar-refractivity contribution in [1.82, 2.24) is 24.5 Å². The number of benzene rings is 5. The van der Waals surface area contributed by atoms with Crippen LogP contribution in [0.1, 0.15) is 96.0 Å². The lowest BCUT2D eigenvalue weighted by atomic mass is 10.1. The highest BCUT2D eigenvalue weighted by molar-refractivity contribution is 5.69. The van der Waals surface area contributed by atoms with E-state index in [0.29, 0.717) is 50.3 Å². The Hall–Kier alpha value is -8.03. The van der Waals surface area contributed by atoms with Crippen molar-refractivity contribution >= 4 is 24.1 Å². The molecule has 70 heavy (non-hydrogen) atoms. The zero-order valence-corrected chi connectivity index (χ0v) is 39.7. The highest BCUT2D eigenvalue weighted by Gasteiger charge is 2.17. The number of hydroxylamine groups is 1. The van der Waals surface area contributed by atoms with Crippen molar-refractivity contribution in [3.05, 3.63) is 209 Å². The van der Waals surface area contributed by atoms with E-state index >= 15 is 0 Å². The molecule has 16 nitrogen and oxygen atoms in total. The maximum Gasteiger partial charge on any atom is 0.407 e. The zero-order chi connectivity index (χ0) is 49.3. The molecule has 0 aliphatic carbocycles. The van der Waals surface area contributed by atoms with Crippen LogP contribution >= 0.6 is 0 Å². The number of carbonyl (C=O) groups excluding carboxylic acids is 2. The summed E-state index contributed by atoms with van der Waals surface area (Å²) in [7, 11) is 0. The first kappa shape index (κ1) is 51.4. The Morgan fingerprint density at radius 3 is 1.37 bits per heavy atom. The molecule has 6 aromatic rings. The number of nitrogens with one attached hydrogen (secondary N) is 2. The standard InChI is InChI=1S/C54H59N9O7/c1-3-5-24-50(64)70-60-35-47-21-11-17-43(27-47)31-56-40-58-33-45-19-13-23-49(29-45)38-63-53(67)61(36-41-14-8-7-9-15-41)52(66)62(54(63)68)37-48-22-12-18-44(28-48)32-57-39-55-30-42-16-10-20-46(26-42)34-59-51(65)69-25-6-4-2/h7-23,26-29,60H,3-6,24-25,30-38H2,1-2H3,(H,59,65). The third-order valence-corrected chi connectivity index (χ3v) is 10.9. The summed E-state index contributed by atoms with van der Waals surface area (Å²) in [6, 6.07) is 44.9. The van der Waals surface area contributed by atoms with Gasteiger partial charge in [0, 0.05) is 13.0 Å². The van der Waals surface area contributed by atoms with Gasteiger partial charge in [0.15, 0.2) is 0 Å². The van der Waals surface area contributed by atoms with Gasteiger partial charge in [-0.05, 0) is 62.9 Å². The van der Waals surface area contributed by atoms with Gasteiger partial charge in [0.2, 0.25) is 0 Å². The molecule has 0 saturated heterocycles. The Bertz CT molecular complexity index is 3000. The highest BCUT2D eigenvalue weighted by atomic mass is 16.7. The van der Waals surface area contributed by atoms with Crippen molar-refractivity contribution in [2.75, 3.05) is 6.61 Å². The number of unbranched alkanes of at least 4 members (excludes halogenated alkanes) is 2. The number of nitrogens with zero attached hydrogens (tertiary/aromatic N) is 7. The van der Waals surface area contributed by atoms with Crippen molar-refractivity contribution in [2.24, 2.45) is 20.0 Å². The van der Waals surface area contributed by atoms with Crippen LogP contribution in [0, 0.1) is 0 Å². The number of aliphatic imine (C=N–C) groups is 4. The normalized spacial score (nSPS) is 10.7. The molecule has 5 aromatic carbocycles. The van der Waals surface area contributed by atoms with Crippen LogP contribution in [0.3, 0.4) is 0 Å². The molecule has 6 rings (SSSR count). The molecule has 0 bridgehead atoms. The van der Waals surface area contributed by atoms with Crippen LogP contribution in [0.4, 0.5) is 4.79 Å². The summed E-state index contributed by atoms with van der Waals surface area (Å²) in [6.07, 6.45) is 3.41. The number of aromatic nitrogens is 3. The molecular weight excluding hydrogens is 887 g/mol. The van der Waals surface area contributed by atoms with Gasteiger partial charge in [0.05, 0.1) is 71.0 Å². The molecule has 0 atom stereocenters. The van der Waals surface area contributed by atoms with Crippen LogP contribution in [0.5, 0.6) is 0 Å². The first-order valence-corrected chi connectivity index (χ1v) is 23.5. The number of ether oxygens (including phenoxy) is 1. The summed E-state index contributed by atoms with van der Waals surface area (Å²) in [6.45, 7) is 6.18. The molecule has 0 aliphatic rings. The SMILES string of the molecule is CCCCOC(=O)NCc1cccc(CN=C=NCc2cccc(Cn3c(=O)n(Cc4ccccc4)c(=O)n(Cc4cccc(CN=C=NCc5cccc(CNOC(=O)CCCC)c5)c4)c3=O)c2)c1. The largest absolute Gasteiger partial charge is 0.450 e. The van der Waals surface area contributed by atoms with E-state index in [1.807, 2.05) is 141 Å². The van der Waals surface area contributed by atoms with Gasteiger partial charge in [-0.3, -0.25) is 4.79 Å². The van der Waals surface area contributed by atoms with Gasteiger partial charge in [0.25, 0.3) is 0 Å². The summed E-state index contributed by atoms with van der Waals surface area (Å²) >= 11 is 0. The Kier molecular flexibility index (Phi) is 20.3. The fourth-order valence-corrected chi connectivity index (χ4v) is 7.26.